The summed E-state index contributed by atoms with van der Waals surface area (Å²) in [5.41, 5.74) is 2.09. The van der Waals surface area contributed by atoms with Gasteiger partial charge in [0, 0.05) is 25.4 Å². The van der Waals surface area contributed by atoms with E-state index in [1.54, 1.807) is 0 Å². The zero-order valence-electron chi connectivity index (χ0n) is 9.64. The van der Waals surface area contributed by atoms with Crippen LogP contribution >= 0.6 is 0 Å². The zero-order chi connectivity index (χ0) is 11.4. The van der Waals surface area contributed by atoms with Crippen LogP contribution in [0.3, 0.4) is 0 Å². The third kappa shape index (κ3) is 2.05. The molecule has 2 rings (SSSR count). The second kappa shape index (κ2) is 4.79. The summed E-state index contributed by atoms with van der Waals surface area (Å²) in [7, 11) is 0. The SMILES string of the molecule is CCNc1cncc(-n2ccnc2CC)c1. The number of hydrogen-bond acceptors (Lipinski definition) is 3. The number of imidazole rings is 1. The number of nitrogens with one attached hydrogen (secondary N) is 1. The average molecular weight is 216 g/mol. The standard InChI is InChI=1S/C12H16N4/c1-3-12-15-5-6-16(12)11-7-10(14-4-2)8-13-9-11/h5-9,14H,3-4H2,1-2H3. The van der Waals surface area contributed by atoms with E-state index in [1.807, 2.05) is 24.8 Å². The maximum Gasteiger partial charge on any atom is 0.112 e. The normalized spacial score (nSPS) is 10.4. The third-order valence-corrected chi connectivity index (χ3v) is 2.42. The van der Waals surface area contributed by atoms with Crippen LogP contribution in [0.15, 0.2) is 30.9 Å². The predicted molar refractivity (Wildman–Crippen MR) is 64.9 cm³/mol. The van der Waals surface area contributed by atoms with Gasteiger partial charge in [-0.3, -0.25) is 4.98 Å². The van der Waals surface area contributed by atoms with Gasteiger partial charge in [0.1, 0.15) is 5.82 Å². The molecule has 0 aliphatic heterocycles. The monoisotopic (exact) mass is 216 g/mol. The first-order valence-electron chi connectivity index (χ1n) is 5.56. The topological polar surface area (TPSA) is 42.7 Å². The fourth-order valence-electron chi connectivity index (χ4n) is 1.69. The lowest BCUT2D eigenvalue weighted by Crippen LogP contribution is -2.02. The second-order valence-electron chi connectivity index (χ2n) is 3.53. The van der Waals surface area contributed by atoms with Crippen molar-refractivity contribution in [1.82, 2.24) is 14.5 Å². The fraction of sp³-hybridized carbons (Fsp3) is 0.333. The molecular formula is C12H16N4. The van der Waals surface area contributed by atoms with E-state index >= 15 is 0 Å². The summed E-state index contributed by atoms with van der Waals surface area (Å²) in [5, 5.41) is 3.25. The largest absolute Gasteiger partial charge is 0.384 e. The van der Waals surface area contributed by atoms with Gasteiger partial charge in [-0.25, -0.2) is 4.98 Å². The highest BCUT2D eigenvalue weighted by Gasteiger charge is 2.03. The Bertz CT molecular complexity index is 462. The first-order chi connectivity index (χ1) is 7.85. The number of pyridine rings is 1. The van der Waals surface area contributed by atoms with Gasteiger partial charge in [-0.1, -0.05) is 6.92 Å². The van der Waals surface area contributed by atoms with Crippen LogP contribution in [0.25, 0.3) is 5.69 Å². The molecule has 0 atom stereocenters. The Kier molecular flexibility index (Phi) is 3.19. The molecule has 0 bridgehead atoms. The van der Waals surface area contributed by atoms with Gasteiger partial charge in [0.2, 0.25) is 0 Å². The summed E-state index contributed by atoms with van der Waals surface area (Å²) in [6, 6.07) is 2.08. The van der Waals surface area contributed by atoms with E-state index in [1.165, 1.54) is 0 Å². The van der Waals surface area contributed by atoms with Crippen molar-refractivity contribution >= 4 is 5.69 Å². The molecule has 0 aliphatic carbocycles. The van der Waals surface area contributed by atoms with Crippen LogP contribution in [-0.2, 0) is 6.42 Å². The van der Waals surface area contributed by atoms with E-state index < -0.39 is 0 Å². The molecule has 0 saturated carbocycles. The molecule has 2 heterocycles. The van der Waals surface area contributed by atoms with Gasteiger partial charge in [-0.15, -0.1) is 0 Å². The Hall–Kier alpha value is -1.84. The summed E-state index contributed by atoms with van der Waals surface area (Å²) in [6.45, 7) is 5.07. The van der Waals surface area contributed by atoms with Crippen LogP contribution in [0, 0.1) is 0 Å². The lowest BCUT2D eigenvalue weighted by molar-refractivity contribution is 0.887. The zero-order valence-corrected chi connectivity index (χ0v) is 9.64. The summed E-state index contributed by atoms with van der Waals surface area (Å²) in [5.74, 6) is 1.05. The first-order valence-corrected chi connectivity index (χ1v) is 5.56. The highest BCUT2D eigenvalue weighted by Crippen LogP contribution is 2.14. The molecule has 1 N–H and O–H groups in total. The van der Waals surface area contributed by atoms with E-state index in [2.05, 4.69) is 39.8 Å². The van der Waals surface area contributed by atoms with Gasteiger partial charge in [-0.05, 0) is 13.0 Å². The van der Waals surface area contributed by atoms with Crippen molar-refractivity contribution in [3.8, 4) is 5.69 Å². The Labute approximate surface area is 95.4 Å². The minimum absolute atomic E-state index is 0.899. The molecule has 0 unspecified atom stereocenters. The van der Waals surface area contributed by atoms with Crippen LogP contribution in [0.4, 0.5) is 5.69 Å². The number of aryl methyl sites for hydroxylation is 1. The van der Waals surface area contributed by atoms with E-state index in [-0.39, 0.29) is 0 Å². The summed E-state index contributed by atoms with van der Waals surface area (Å²) >= 11 is 0. The van der Waals surface area contributed by atoms with E-state index in [9.17, 15) is 0 Å². The summed E-state index contributed by atoms with van der Waals surface area (Å²) < 4.78 is 2.06. The molecule has 0 amide bonds. The first kappa shape index (κ1) is 10.7. The van der Waals surface area contributed by atoms with Gasteiger partial charge < -0.3 is 9.88 Å². The predicted octanol–water partition coefficient (Wildman–Crippen LogP) is 2.26. The molecule has 84 valence electrons. The van der Waals surface area contributed by atoms with Crippen molar-refractivity contribution in [2.75, 3.05) is 11.9 Å². The molecular weight excluding hydrogens is 200 g/mol. The number of hydrogen-bond donors (Lipinski definition) is 1. The molecule has 0 fully saturated rings. The van der Waals surface area contributed by atoms with Crippen LogP contribution in [0.5, 0.6) is 0 Å². The second-order valence-corrected chi connectivity index (χ2v) is 3.53. The maximum absolute atomic E-state index is 4.30. The van der Waals surface area contributed by atoms with Crippen molar-refractivity contribution in [1.29, 1.82) is 0 Å². The van der Waals surface area contributed by atoms with Gasteiger partial charge >= 0.3 is 0 Å². The number of anilines is 1. The Morgan fingerprint density at radius 1 is 1.31 bits per heavy atom. The lowest BCUT2D eigenvalue weighted by Gasteiger charge is -2.08. The molecule has 0 aromatic carbocycles. The van der Waals surface area contributed by atoms with E-state index in [4.69, 9.17) is 0 Å². The average Bonchev–Trinajstić information content (AvgIpc) is 2.78. The van der Waals surface area contributed by atoms with Crippen molar-refractivity contribution in [3.63, 3.8) is 0 Å². The number of aromatic nitrogens is 3. The van der Waals surface area contributed by atoms with Gasteiger partial charge in [0.25, 0.3) is 0 Å². The molecule has 4 heteroatoms. The maximum atomic E-state index is 4.30. The van der Waals surface area contributed by atoms with Crippen molar-refractivity contribution in [3.05, 3.63) is 36.7 Å². The van der Waals surface area contributed by atoms with Crippen LogP contribution in [-0.4, -0.2) is 21.1 Å². The molecule has 2 aromatic heterocycles. The Morgan fingerprint density at radius 3 is 2.94 bits per heavy atom. The number of nitrogens with zero attached hydrogens (tertiary/aromatic N) is 3. The van der Waals surface area contributed by atoms with E-state index in [0.29, 0.717) is 0 Å². The van der Waals surface area contributed by atoms with Gasteiger partial charge in [0.15, 0.2) is 0 Å². The molecule has 0 aliphatic rings. The Morgan fingerprint density at radius 2 is 2.19 bits per heavy atom. The van der Waals surface area contributed by atoms with Gasteiger partial charge in [0.05, 0.1) is 23.8 Å². The van der Waals surface area contributed by atoms with E-state index in [0.717, 1.165) is 30.2 Å². The van der Waals surface area contributed by atoms with Crippen molar-refractivity contribution in [2.45, 2.75) is 20.3 Å². The molecule has 0 spiro atoms. The van der Waals surface area contributed by atoms with Crippen LogP contribution in [0.1, 0.15) is 19.7 Å². The number of rotatable bonds is 4. The van der Waals surface area contributed by atoms with Crippen molar-refractivity contribution < 1.29 is 0 Å². The smallest absolute Gasteiger partial charge is 0.112 e. The Balaban J connectivity index is 2.36. The third-order valence-electron chi connectivity index (χ3n) is 2.42. The molecule has 16 heavy (non-hydrogen) atoms. The van der Waals surface area contributed by atoms with Crippen LogP contribution in [0.2, 0.25) is 0 Å². The van der Waals surface area contributed by atoms with Gasteiger partial charge in [-0.2, -0.15) is 0 Å². The minimum atomic E-state index is 0.899. The minimum Gasteiger partial charge on any atom is -0.384 e. The highest BCUT2D eigenvalue weighted by molar-refractivity contribution is 5.48. The summed E-state index contributed by atoms with van der Waals surface area (Å²) in [6.07, 6.45) is 8.37. The molecule has 0 saturated heterocycles. The molecule has 2 aromatic rings. The highest BCUT2D eigenvalue weighted by atomic mass is 15.1. The quantitative estimate of drug-likeness (QED) is 0.852. The molecule has 0 radical (unpaired) electrons. The summed E-state index contributed by atoms with van der Waals surface area (Å²) in [4.78, 5) is 8.52. The lowest BCUT2D eigenvalue weighted by atomic mass is 10.3. The van der Waals surface area contributed by atoms with Crippen LogP contribution < -0.4 is 5.32 Å². The molecule has 4 nitrogen and oxygen atoms in total. The van der Waals surface area contributed by atoms with Crippen molar-refractivity contribution in [2.24, 2.45) is 0 Å². The fourth-order valence-corrected chi connectivity index (χ4v) is 1.69.